The standard InChI is InChI=1S/C13H10F2N4O2/c14-9-2-1-6(3-10(9)15)7-4-8(7)12(21)18-13-17-11(20)5-16-19-13/h1-3,5,7-8H,4H2,(H2,17,18,19,20,21)/t7-,8-/m1/s1. The van der Waals surface area contributed by atoms with Crippen molar-refractivity contribution in [3.05, 3.63) is 51.9 Å². The number of H-pyrrole nitrogens is 1. The first-order valence-electron chi connectivity index (χ1n) is 6.22. The Labute approximate surface area is 117 Å². The minimum absolute atomic E-state index is 0.0385. The number of carbonyl (C=O) groups excluding carboxylic acids is 1. The van der Waals surface area contributed by atoms with Gasteiger partial charge in [-0.3, -0.25) is 19.9 Å². The van der Waals surface area contributed by atoms with E-state index in [1.807, 2.05) is 0 Å². The average Bonchev–Trinajstić information content (AvgIpc) is 3.22. The van der Waals surface area contributed by atoms with Crippen molar-refractivity contribution in [1.29, 1.82) is 0 Å². The molecule has 1 aromatic carbocycles. The first kappa shape index (κ1) is 13.3. The van der Waals surface area contributed by atoms with Gasteiger partial charge in [-0.25, -0.2) is 8.78 Å². The van der Waals surface area contributed by atoms with E-state index < -0.39 is 17.2 Å². The molecule has 2 N–H and O–H groups in total. The van der Waals surface area contributed by atoms with Gasteiger partial charge in [0, 0.05) is 5.92 Å². The number of hydrogen-bond donors (Lipinski definition) is 2. The lowest BCUT2D eigenvalue weighted by Gasteiger charge is -2.03. The fraction of sp³-hybridized carbons (Fsp3) is 0.231. The summed E-state index contributed by atoms with van der Waals surface area (Å²) in [7, 11) is 0. The molecular formula is C13H10F2N4O2. The molecule has 1 saturated carbocycles. The molecule has 0 spiro atoms. The maximum absolute atomic E-state index is 13.2. The normalized spacial score (nSPS) is 20.1. The molecule has 1 fully saturated rings. The van der Waals surface area contributed by atoms with Crippen LogP contribution in [0, 0.1) is 17.6 Å². The summed E-state index contributed by atoms with van der Waals surface area (Å²) in [6.45, 7) is 0. The zero-order valence-corrected chi connectivity index (χ0v) is 10.6. The molecule has 0 aliphatic heterocycles. The molecular weight excluding hydrogens is 282 g/mol. The largest absolute Gasteiger partial charge is 0.294 e. The molecule has 2 aromatic rings. The number of hydrogen-bond acceptors (Lipinski definition) is 4. The highest BCUT2D eigenvalue weighted by molar-refractivity contribution is 5.93. The minimum atomic E-state index is -0.934. The Morgan fingerprint density at radius 2 is 2.14 bits per heavy atom. The molecule has 21 heavy (non-hydrogen) atoms. The first-order chi connectivity index (χ1) is 10.0. The van der Waals surface area contributed by atoms with Gasteiger partial charge >= 0.3 is 0 Å². The summed E-state index contributed by atoms with van der Waals surface area (Å²) in [5.74, 6) is -2.76. The van der Waals surface area contributed by atoms with Crippen molar-refractivity contribution < 1.29 is 13.6 Å². The van der Waals surface area contributed by atoms with Crippen molar-refractivity contribution >= 4 is 11.9 Å². The third-order valence-corrected chi connectivity index (χ3v) is 3.31. The van der Waals surface area contributed by atoms with E-state index >= 15 is 0 Å². The van der Waals surface area contributed by atoms with Gasteiger partial charge in [-0.2, -0.15) is 0 Å². The summed E-state index contributed by atoms with van der Waals surface area (Å²) in [6.07, 6.45) is 1.51. The summed E-state index contributed by atoms with van der Waals surface area (Å²) >= 11 is 0. The molecule has 1 heterocycles. The Bertz CT molecular complexity index is 762. The van der Waals surface area contributed by atoms with Crippen LogP contribution in [0.25, 0.3) is 0 Å². The Morgan fingerprint density at radius 1 is 1.33 bits per heavy atom. The van der Waals surface area contributed by atoms with Crippen LogP contribution in [0.3, 0.4) is 0 Å². The van der Waals surface area contributed by atoms with Gasteiger partial charge in [0.05, 0.1) is 0 Å². The van der Waals surface area contributed by atoms with Gasteiger partial charge in [0.25, 0.3) is 5.56 Å². The van der Waals surface area contributed by atoms with Gasteiger partial charge in [0.15, 0.2) is 11.6 Å². The van der Waals surface area contributed by atoms with Gasteiger partial charge < -0.3 is 0 Å². The maximum Gasteiger partial charge on any atom is 0.271 e. The summed E-state index contributed by atoms with van der Waals surface area (Å²) in [5.41, 5.74) is 0.0925. The van der Waals surface area contributed by atoms with Crippen LogP contribution in [0.2, 0.25) is 0 Å². The van der Waals surface area contributed by atoms with Crippen LogP contribution in [0.5, 0.6) is 0 Å². The van der Waals surface area contributed by atoms with Crippen LogP contribution in [-0.4, -0.2) is 21.1 Å². The highest BCUT2D eigenvalue weighted by Crippen LogP contribution is 2.48. The lowest BCUT2D eigenvalue weighted by atomic mass is 10.1. The Balaban J connectivity index is 1.68. The van der Waals surface area contributed by atoms with Gasteiger partial charge in [0.1, 0.15) is 6.20 Å². The van der Waals surface area contributed by atoms with Crippen molar-refractivity contribution in [3.63, 3.8) is 0 Å². The molecule has 1 aliphatic carbocycles. The molecule has 1 amide bonds. The molecule has 1 aliphatic rings. The number of benzene rings is 1. The number of rotatable bonds is 3. The highest BCUT2D eigenvalue weighted by atomic mass is 19.2. The summed E-state index contributed by atoms with van der Waals surface area (Å²) in [6, 6.07) is 3.59. The molecule has 1 aromatic heterocycles. The third-order valence-electron chi connectivity index (χ3n) is 3.31. The number of nitrogens with zero attached hydrogens (tertiary/aromatic N) is 2. The van der Waals surface area contributed by atoms with E-state index in [-0.39, 0.29) is 23.7 Å². The SMILES string of the molecule is O=C(Nc1nncc(=O)[nH]1)[C@@H]1C[C@@H]1c1ccc(F)c(F)c1. The molecule has 8 heteroatoms. The van der Waals surface area contributed by atoms with E-state index in [1.54, 1.807) is 0 Å². The molecule has 3 rings (SSSR count). The Kier molecular flexibility index (Phi) is 3.20. The van der Waals surface area contributed by atoms with Crippen LogP contribution in [0.1, 0.15) is 17.9 Å². The van der Waals surface area contributed by atoms with Gasteiger partial charge in [-0.1, -0.05) is 6.07 Å². The van der Waals surface area contributed by atoms with E-state index in [2.05, 4.69) is 20.5 Å². The topological polar surface area (TPSA) is 87.7 Å². The monoisotopic (exact) mass is 292 g/mol. The molecule has 0 unspecified atom stereocenters. The number of anilines is 1. The van der Waals surface area contributed by atoms with E-state index in [4.69, 9.17) is 0 Å². The lowest BCUT2D eigenvalue weighted by Crippen LogP contribution is -2.20. The van der Waals surface area contributed by atoms with Crippen LogP contribution in [0.4, 0.5) is 14.7 Å². The number of aromatic nitrogens is 3. The van der Waals surface area contributed by atoms with Crippen LogP contribution in [-0.2, 0) is 4.79 Å². The first-order valence-corrected chi connectivity index (χ1v) is 6.22. The van der Waals surface area contributed by atoms with E-state index in [9.17, 15) is 18.4 Å². The van der Waals surface area contributed by atoms with Crippen molar-refractivity contribution in [2.24, 2.45) is 5.92 Å². The second-order valence-corrected chi connectivity index (χ2v) is 4.79. The molecule has 2 atom stereocenters. The van der Waals surface area contributed by atoms with Gasteiger partial charge in [-0.15, -0.1) is 10.2 Å². The number of carbonyl (C=O) groups is 1. The fourth-order valence-corrected chi connectivity index (χ4v) is 2.17. The summed E-state index contributed by atoms with van der Waals surface area (Å²) in [5, 5.41) is 9.42. The average molecular weight is 292 g/mol. The lowest BCUT2D eigenvalue weighted by molar-refractivity contribution is -0.117. The molecule has 0 saturated heterocycles. The summed E-state index contributed by atoms with van der Waals surface area (Å²) in [4.78, 5) is 25.3. The number of aromatic amines is 1. The predicted molar refractivity (Wildman–Crippen MR) is 68.5 cm³/mol. The van der Waals surface area contributed by atoms with E-state index in [0.29, 0.717) is 12.0 Å². The Morgan fingerprint density at radius 3 is 2.86 bits per heavy atom. The van der Waals surface area contributed by atoms with Gasteiger partial charge in [-0.05, 0) is 30.0 Å². The van der Waals surface area contributed by atoms with Crippen molar-refractivity contribution in [3.8, 4) is 0 Å². The van der Waals surface area contributed by atoms with Gasteiger partial charge in [0.2, 0.25) is 11.9 Å². The summed E-state index contributed by atoms with van der Waals surface area (Å²) < 4.78 is 26.0. The fourth-order valence-electron chi connectivity index (χ4n) is 2.17. The van der Waals surface area contributed by atoms with Crippen molar-refractivity contribution in [1.82, 2.24) is 15.2 Å². The second kappa shape index (κ2) is 5.04. The minimum Gasteiger partial charge on any atom is -0.294 e. The second-order valence-electron chi connectivity index (χ2n) is 4.79. The Hall–Kier alpha value is -2.64. The number of halogens is 2. The van der Waals surface area contributed by atoms with E-state index in [0.717, 1.165) is 18.3 Å². The van der Waals surface area contributed by atoms with Crippen LogP contribution >= 0.6 is 0 Å². The van der Waals surface area contributed by atoms with Crippen LogP contribution < -0.4 is 10.9 Å². The molecule has 108 valence electrons. The maximum atomic E-state index is 13.2. The number of nitrogens with one attached hydrogen (secondary N) is 2. The quantitative estimate of drug-likeness (QED) is 0.889. The molecule has 6 nitrogen and oxygen atoms in total. The molecule has 0 radical (unpaired) electrons. The highest BCUT2D eigenvalue weighted by Gasteiger charge is 2.44. The van der Waals surface area contributed by atoms with Crippen molar-refractivity contribution in [2.45, 2.75) is 12.3 Å². The van der Waals surface area contributed by atoms with Crippen molar-refractivity contribution in [2.75, 3.05) is 5.32 Å². The third kappa shape index (κ3) is 2.78. The van der Waals surface area contributed by atoms with E-state index in [1.165, 1.54) is 6.07 Å². The number of amides is 1. The molecule has 0 bridgehead atoms. The predicted octanol–water partition coefficient (Wildman–Crippen LogP) is 1.19. The zero-order chi connectivity index (χ0) is 15.0. The van der Waals surface area contributed by atoms with Crippen LogP contribution in [0.15, 0.2) is 29.2 Å². The smallest absolute Gasteiger partial charge is 0.271 e. The zero-order valence-electron chi connectivity index (χ0n) is 10.6.